The second kappa shape index (κ2) is 7.40. The molecular weight excluding hydrogens is 331 g/mol. The predicted octanol–water partition coefficient (Wildman–Crippen LogP) is 3.96. The van der Waals surface area contributed by atoms with Crippen LogP contribution in [0, 0.1) is 6.92 Å². The number of nitrogens with zero attached hydrogens (tertiary/aromatic N) is 1. The summed E-state index contributed by atoms with van der Waals surface area (Å²) in [4.78, 5) is 12.2. The van der Waals surface area contributed by atoms with Gasteiger partial charge < -0.3 is 15.2 Å². The highest BCUT2D eigenvalue weighted by atomic mass is 32.2. The lowest BCUT2D eigenvalue weighted by atomic mass is 10.3. The highest BCUT2D eigenvalue weighted by Crippen LogP contribution is 2.31. The van der Waals surface area contributed by atoms with Crippen molar-refractivity contribution in [2.75, 3.05) is 11.1 Å². The molecule has 2 aromatic rings. The molecule has 0 saturated heterocycles. The minimum Gasteiger partial charge on any atom is -0.359 e. The van der Waals surface area contributed by atoms with Gasteiger partial charge in [-0.1, -0.05) is 17.3 Å². The third-order valence-electron chi connectivity index (χ3n) is 2.63. The fraction of sp³-hybridized carbons (Fsp3) is 0.286. The maximum atomic E-state index is 12.3. The van der Waals surface area contributed by atoms with Crippen LogP contribution in [0.3, 0.4) is 0 Å². The molecule has 1 aromatic carbocycles. The van der Waals surface area contributed by atoms with Crippen molar-refractivity contribution in [2.24, 2.45) is 0 Å². The normalized spacial score (nSPS) is 11.3. The number of carbonyl (C=O) groups excluding carboxylic acids is 1. The molecule has 0 spiro atoms. The molecule has 2 N–H and O–H groups in total. The van der Waals surface area contributed by atoms with Gasteiger partial charge in [0.05, 0.1) is 23.7 Å². The number of thioether (sulfide) groups is 1. The van der Waals surface area contributed by atoms with E-state index in [9.17, 15) is 18.0 Å². The van der Waals surface area contributed by atoms with Crippen LogP contribution < -0.4 is 10.6 Å². The standard InChI is InChI=1S/C14H14F3N3O2S/c1-9-6-10(22-20-9)7-18-13(21)19-11-4-2-3-5-12(11)23-8-14(15,16)17/h2-6H,7-8H2,1H3,(H2,18,19,21). The number of anilines is 1. The van der Waals surface area contributed by atoms with E-state index >= 15 is 0 Å². The van der Waals surface area contributed by atoms with Gasteiger partial charge >= 0.3 is 12.2 Å². The second-order valence-electron chi connectivity index (χ2n) is 4.64. The summed E-state index contributed by atoms with van der Waals surface area (Å²) in [6.45, 7) is 1.88. The third kappa shape index (κ3) is 5.85. The van der Waals surface area contributed by atoms with E-state index < -0.39 is 18.0 Å². The van der Waals surface area contributed by atoms with Crippen molar-refractivity contribution in [3.63, 3.8) is 0 Å². The maximum Gasteiger partial charge on any atom is 0.398 e. The first-order chi connectivity index (χ1) is 10.8. The molecule has 0 aliphatic heterocycles. The summed E-state index contributed by atoms with van der Waals surface area (Å²) in [5, 5.41) is 8.75. The van der Waals surface area contributed by atoms with Crippen LogP contribution in [-0.4, -0.2) is 23.1 Å². The zero-order chi connectivity index (χ0) is 16.9. The number of carbonyl (C=O) groups is 1. The molecule has 5 nitrogen and oxygen atoms in total. The van der Waals surface area contributed by atoms with Crippen molar-refractivity contribution < 1.29 is 22.5 Å². The molecule has 0 radical (unpaired) electrons. The Hall–Kier alpha value is -2.16. The first kappa shape index (κ1) is 17.2. The minimum absolute atomic E-state index is 0.129. The van der Waals surface area contributed by atoms with Crippen LogP contribution in [0.25, 0.3) is 0 Å². The van der Waals surface area contributed by atoms with Crippen molar-refractivity contribution in [1.82, 2.24) is 10.5 Å². The van der Waals surface area contributed by atoms with E-state index in [1.54, 1.807) is 25.1 Å². The molecule has 0 saturated carbocycles. The van der Waals surface area contributed by atoms with Crippen molar-refractivity contribution in [1.29, 1.82) is 0 Å². The maximum absolute atomic E-state index is 12.3. The van der Waals surface area contributed by atoms with E-state index in [4.69, 9.17) is 4.52 Å². The molecule has 1 aromatic heterocycles. The SMILES string of the molecule is Cc1cc(CNC(=O)Nc2ccccc2SCC(F)(F)F)on1. The zero-order valence-corrected chi connectivity index (χ0v) is 12.9. The monoisotopic (exact) mass is 345 g/mol. The van der Waals surface area contributed by atoms with Gasteiger partial charge in [0.15, 0.2) is 5.76 Å². The number of urea groups is 1. The Balaban J connectivity index is 1.92. The summed E-state index contributed by atoms with van der Waals surface area (Å²) in [6.07, 6.45) is -4.27. The van der Waals surface area contributed by atoms with Gasteiger partial charge in [0.25, 0.3) is 0 Å². The Bertz CT molecular complexity index is 673. The molecule has 2 amide bonds. The Labute approximate surface area is 134 Å². The van der Waals surface area contributed by atoms with E-state index in [2.05, 4.69) is 15.8 Å². The number of para-hydroxylation sites is 1. The quantitative estimate of drug-likeness (QED) is 0.805. The third-order valence-corrected chi connectivity index (χ3v) is 3.77. The number of hydrogen-bond acceptors (Lipinski definition) is 4. The lowest BCUT2D eigenvalue weighted by Gasteiger charge is -2.12. The van der Waals surface area contributed by atoms with Gasteiger partial charge in [-0.2, -0.15) is 13.2 Å². The van der Waals surface area contributed by atoms with Crippen LogP contribution in [0.5, 0.6) is 0 Å². The number of alkyl halides is 3. The van der Waals surface area contributed by atoms with Crippen molar-refractivity contribution in [3.05, 3.63) is 41.8 Å². The van der Waals surface area contributed by atoms with Crippen LogP contribution in [0.4, 0.5) is 23.7 Å². The van der Waals surface area contributed by atoms with Gasteiger partial charge in [-0.25, -0.2) is 4.79 Å². The van der Waals surface area contributed by atoms with Crippen molar-refractivity contribution in [2.45, 2.75) is 24.5 Å². The number of halogens is 3. The molecule has 0 bridgehead atoms. The molecule has 0 fully saturated rings. The van der Waals surface area contributed by atoms with Gasteiger partial charge in [0.2, 0.25) is 0 Å². The number of rotatable bonds is 5. The molecule has 1 heterocycles. The molecule has 0 aliphatic rings. The van der Waals surface area contributed by atoms with E-state index in [0.29, 0.717) is 33.8 Å². The largest absolute Gasteiger partial charge is 0.398 e. The van der Waals surface area contributed by atoms with E-state index in [0.717, 1.165) is 0 Å². The number of hydrogen-bond donors (Lipinski definition) is 2. The van der Waals surface area contributed by atoms with Gasteiger partial charge in [-0.3, -0.25) is 0 Å². The van der Waals surface area contributed by atoms with E-state index in [1.165, 1.54) is 12.1 Å². The van der Waals surface area contributed by atoms with Crippen LogP contribution in [0.1, 0.15) is 11.5 Å². The minimum atomic E-state index is -4.27. The Morgan fingerprint density at radius 2 is 2.09 bits per heavy atom. The zero-order valence-electron chi connectivity index (χ0n) is 12.1. The van der Waals surface area contributed by atoms with Crippen molar-refractivity contribution >= 4 is 23.5 Å². The molecule has 0 aliphatic carbocycles. The van der Waals surface area contributed by atoms with Crippen LogP contribution in [0.2, 0.25) is 0 Å². The molecule has 23 heavy (non-hydrogen) atoms. The number of aromatic nitrogens is 1. The molecule has 0 unspecified atom stereocenters. The van der Waals surface area contributed by atoms with Crippen molar-refractivity contribution in [3.8, 4) is 0 Å². The summed E-state index contributed by atoms with van der Waals surface area (Å²) >= 11 is 0.618. The number of amides is 2. The summed E-state index contributed by atoms with van der Waals surface area (Å²) in [5.74, 6) is -0.539. The fourth-order valence-electron chi connectivity index (χ4n) is 1.69. The Morgan fingerprint density at radius 3 is 2.74 bits per heavy atom. The first-order valence-electron chi connectivity index (χ1n) is 6.59. The topological polar surface area (TPSA) is 67.2 Å². The highest BCUT2D eigenvalue weighted by Gasteiger charge is 2.27. The van der Waals surface area contributed by atoms with Gasteiger partial charge in [0.1, 0.15) is 0 Å². The van der Waals surface area contributed by atoms with Crippen LogP contribution in [0.15, 0.2) is 39.8 Å². The average Bonchev–Trinajstić information content (AvgIpc) is 2.89. The number of benzene rings is 1. The molecule has 124 valence electrons. The lowest BCUT2D eigenvalue weighted by molar-refractivity contribution is -0.105. The lowest BCUT2D eigenvalue weighted by Crippen LogP contribution is -2.28. The van der Waals surface area contributed by atoms with E-state index in [-0.39, 0.29) is 6.54 Å². The van der Waals surface area contributed by atoms with E-state index in [1.807, 2.05) is 0 Å². The van der Waals surface area contributed by atoms with Gasteiger partial charge in [0, 0.05) is 11.0 Å². The number of aryl methyl sites for hydroxylation is 1. The Kier molecular flexibility index (Phi) is 5.54. The van der Waals surface area contributed by atoms with Crippen LogP contribution >= 0.6 is 11.8 Å². The average molecular weight is 345 g/mol. The number of nitrogens with one attached hydrogen (secondary N) is 2. The van der Waals surface area contributed by atoms with Gasteiger partial charge in [-0.05, 0) is 19.1 Å². The smallest absolute Gasteiger partial charge is 0.359 e. The predicted molar refractivity (Wildman–Crippen MR) is 80.3 cm³/mol. The molecule has 2 rings (SSSR count). The van der Waals surface area contributed by atoms with Crippen LogP contribution in [-0.2, 0) is 6.54 Å². The van der Waals surface area contributed by atoms with Gasteiger partial charge in [-0.15, -0.1) is 11.8 Å². The fourth-order valence-corrected chi connectivity index (χ4v) is 2.46. The molecule has 0 atom stereocenters. The Morgan fingerprint density at radius 1 is 1.35 bits per heavy atom. The first-order valence-corrected chi connectivity index (χ1v) is 7.58. The summed E-state index contributed by atoms with van der Waals surface area (Å²) in [5.41, 5.74) is 1.00. The summed E-state index contributed by atoms with van der Waals surface area (Å²) < 4.78 is 41.9. The highest BCUT2D eigenvalue weighted by molar-refractivity contribution is 7.99. The summed E-state index contributed by atoms with van der Waals surface area (Å²) in [7, 11) is 0. The molecule has 9 heteroatoms. The summed E-state index contributed by atoms with van der Waals surface area (Å²) in [6, 6.07) is 7.43. The molecular formula is C14H14F3N3O2S. The second-order valence-corrected chi connectivity index (χ2v) is 5.66.